The third kappa shape index (κ3) is 4.36. The van der Waals surface area contributed by atoms with E-state index in [4.69, 9.17) is 5.73 Å². The summed E-state index contributed by atoms with van der Waals surface area (Å²) in [5.74, 6) is 0. The lowest BCUT2D eigenvalue weighted by Gasteiger charge is -2.13. The number of benzene rings is 1. The molecule has 0 radical (unpaired) electrons. The maximum absolute atomic E-state index is 11.5. The topological polar surface area (TPSA) is 72.2 Å². The Labute approximate surface area is 103 Å². The van der Waals surface area contributed by atoms with Crippen molar-refractivity contribution in [2.75, 3.05) is 18.1 Å². The summed E-state index contributed by atoms with van der Waals surface area (Å²) in [6.07, 6.45) is 2.97. The van der Waals surface area contributed by atoms with Crippen molar-refractivity contribution in [2.24, 2.45) is 5.73 Å². The second-order valence-electron chi connectivity index (χ2n) is 4.15. The molecule has 0 aliphatic rings. The standard InChI is InChI=1S/C12H20N2O2S/c1-3-10(13)8-9-14-11-6-4-5-7-12(11)17(2,15)16/h4-7,10,14H,3,8-9,13H2,1-2H3. The monoisotopic (exact) mass is 256 g/mol. The summed E-state index contributed by atoms with van der Waals surface area (Å²) >= 11 is 0. The van der Waals surface area contributed by atoms with Gasteiger partial charge >= 0.3 is 0 Å². The number of nitrogens with one attached hydrogen (secondary N) is 1. The zero-order valence-corrected chi connectivity index (χ0v) is 11.1. The molecule has 1 aromatic rings. The molecule has 3 N–H and O–H groups in total. The maximum Gasteiger partial charge on any atom is 0.177 e. The van der Waals surface area contributed by atoms with Crippen molar-refractivity contribution in [1.82, 2.24) is 0 Å². The molecular weight excluding hydrogens is 236 g/mol. The lowest BCUT2D eigenvalue weighted by molar-refractivity contribution is 0.601. The van der Waals surface area contributed by atoms with E-state index in [2.05, 4.69) is 5.32 Å². The zero-order chi connectivity index (χ0) is 12.9. The predicted octanol–water partition coefficient (Wildman–Crippen LogP) is 1.63. The van der Waals surface area contributed by atoms with Gasteiger partial charge in [0, 0.05) is 18.8 Å². The van der Waals surface area contributed by atoms with Crippen LogP contribution >= 0.6 is 0 Å². The summed E-state index contributed by atoms with van der Waals surface area (Å²) in [6, 6.07) is 7.08. The second kappa shape index (κ2) is 6.02. The lowest BCUT2D eigenvalue weighted by Crippen LogP contribution is -2.22. The highest BCUT2D eigenvalue weighted by Gasteiger charge is 2.11. The third-order valence-corrected chi connectivity index (χ3v) is 3.80. The molecule has 1 aromatic carbocycles. The van der Waals surface area contributed by atoms with E-state index in [9.17, 15) is 8.42 Å². The molecule has 1 unspecified atom stereocenters. The summed E-state index contributed by atoms with van der Waals surface area (Å²) in [6.45, 7) is 2.72. The summed E-state index contributed by atoms with van der Waals surface area (Å²) in [7, 11) is -3.18. The minimum absolute atomic E-state index is 0.160. The summed E-state index contributed by atoms with van der Waals surface area (Å²) in [4.78, 5) is 0.338. The number of rotatable bonds is 6. The van der Waals surface area contributed by atoms with Gasteiger partial charge in [-0.05, 0) is 25.0 Å². The fourth-order valence-corrected chi connectivity index (χ4v) is 2.40. The molecule has 0 saturated carbocycles. The quantitative estimate of drug-likeness (QED) is 0.811. The summed E-state index contributed by atoms with van der Waals surface area (Å²) < 4.78 is 23.1. The van der Waals surface area contributed by atoms with Crippen LogP contribution in [-0.4, -0.2) is 27.3 Å². The van der Waals surface area contributed by atoms with E-state index >= 15 is 0 Å². The van der Waals surface area contributed by atoms with Gasteiger partial charge in [-0.15, -0.1) is 0 Å². The summed E-state index contributed by atoms with van der Waals surface area (Å²) in [5.41, 5.74) is 6.45. The van der Waals surface area contributed by atoms with Crippen molar-refractivity contribution in [3.8, 4) is 0 Å². The highest BCUT2D eigenvalue weighted by molar-refractivity contribution is 7.90. The Morgan fingerprint density at radius 1 is 1.35 bits per heavy atom. The van der Waals surface area contributed by atoms with Crippen molar-refractivity contribution in [1.29, 1.82) is 0 Å². The number of anilines is 1. The van der Waals surface area contributed by atoms with Crippen LogP contribution in [0.2, 0.25) is 0 Å². The van der Waals surface area contributed by atoms with Gasteiger partial charge in [0.2, 0.25) is 0 Å². The Kier molecular flexibility index (Phi) is 4.96. The summed E-state index contributed by atoms with van der Waals surface area (Å²) in [5, 5.41) is 3.13. The average Bonchev–Trinajstić information content (AvgIpc) is 2.28. The van der Waals surface area contributed by atoms with E-state index in [-0.39, 0.29) is 6.04 Å². The Morgan fingerprint density at radius 3 is 2.59 bits per heavy atom. The molecule has 5 heteroatoms. The second-order valence-corrected chi connectivity index (χ2v) is 6.14. The van der Waals surface area contributed by atoms with E-state index < -0.39 is 9.84 Å². The fourth-order valence-electron chi connectivity index (χ4n) is 1.53. The highest BCUT2D eigenvalue weighted by atomic mass is 32.2. The Morgan fingerprint density at radius 2 is 2.00 bits per heavy atom. The van der Waals surface area contributed by atoms with Gasteiger partial charge in [-0.25, -0.2) is 8.42 Å². The van der Waals surface area contributed by atoms with E-state index in [0.717, 1.165) is 12.8 Å². The van der Waals surface area contributed by atoms with Crippen LogP contribution in [0.15, 0.2) is 29.2 Å². The first kappa shape index (κ1) is 14.0. The van der Waals surface area contributed by atoms with Crippen LogP contribution in [-0.2, 0) is 9.84 Å². The molecule has 4 nitrogen and oxygen atoms in total. The first-order valence-electron chi connectivity index (χ1n) is 5.73. The highest BCUT2D eigenvalue weighted by Crippen LogP contribution is 2.20. The van der Waals surface area contributed by atoms with Gasteiger partial charge in [0.15, 0.2) is 9.84 Å². The van der Waals surface area contributed by atoms with Gasteiger partial charge in [-0.2, -0.15) is 0 Å². The Bertz CT molecular complexity index is 457. The third-order valence-electron chi connectivity index (χ3n) is 2.64. The Balaban J connectivity index is 2.72. The predicted molar refractivity (Wildman–Crippen MR) is 70.9 cm³/mol. The van der Waals surface area contributed by atoms with Crippen molar-refractivity contribution in [3.63, 3.8) is 0 Å². The molecule has 0 heterocycles. The molecule has 0 saturated heterocycles. The van der Waals surface area contributed by atoms with Crippen LogP contribution in [0.25, 0.3) is 0 Å². The van der Waals surface area contributed by atoms with Crippen LogP contribution in [0.1, 0.15) is 19.8 Å². The van der Waals surface area contributed by atoms with Gasteiger partial charge in [-0.3, -0.25) is 0 Å². The molecule has 0 aliphatic carbocycles. The molecule has 0 bridgehead atoms. The van der Waals surface area contributed by atoms with Crippen molar-refractivity contribution in [3.05, 3.63) is 24.3 Å². The number of hydrogen-bond donors (Lipinski definition) is 2. The molecule has 0 fully saturated rings. The van der Waals surface area contributed by atoms with Crippen molar-refractivity contribution < 1.29 is 8.42 Å². The van der Waals surface area contributed by atoms with Gasteiger partial charge < -0.3 is 11.1 Å². The van der Waals surface area contributed by atoms with Gasteiger partial charge in [0.05, 0.1) is 10.6 Å². The largest absolute Gasteiger partial charge is 0.384 e. The minimum Gasteiger partial charge on any atom is -0.384 e. The van der Waals surface area contributed by atoms with Crippen LogP contribution in [0.4, 0.5) is 5.69 Å². The minimum atomic E-state index is -3.18. The fraction of sp³-hybridized carbons (Fsp3) is 0.500. The molecule has 1 atom stereocenters. The van der Waals surface area contributed by atoms with E-state index in [1.165, 1.54) is 6.26 Å². The maximum atomic E-state index is 11.5. The molecule has 1 rings (SSSR count). The molecule has 0 aromatic heterocycles. The first-order chi connectivity index (χ1) is 7.95. The number of hydrogen-bond acceptors (Lipinski definition) is 4. The van der Waals surface area contributed by atoms with Crippen molar-refractivity contribution in [2.45, 2.75) is 30.7 Å². The smallest absolute Gasteiger partial charge is 0.177 e. The van der Waals surface area contributed by atoms with Gasteiger partial charge in [-0.1, -0.05) is 19.1 Å². The number of nitrogens with two attached hydrogens (primary N) is 1. The number of sulfone groups is 1. The first-order valence-corrected chi connectivity index (χ1v) is 7.62. The SMILES string of the molecule is CCC(N)CCNc1ccccc1S(C)(=O)=O. The molecule has 17 heavy (non-hydrogen) atoms. The van der Waals surface area contributed by atoms with Crippen molar-refractivity contribution >= 4 is 15.5 Å². The van der Waals surface area contributed by atoms with Crippen LogP contribution < -0.4 is 11.1 Å². The van der Waals surface area contributed by atoms with E-state index in [1.54, 1.807) is 18.2 Å². The van der Waals surface area contributed by atoms with Gasteiger partial charge in [0.1, 0.15) is 0 Å². The Hall–Kier alpha value is -1.07. The van der Waals surface area contributed by atoms with Crippen LogP contribution in [0, 0.1) is 0 Å². The van der Waals surface area contributed by atoms with Gasteiger partial charge in [0.25, 0.3) is 0 Å². The molecule has 0 aliphatic heterocycles. The van der Waals surface area contributed by atoms with Crippen LogP contribution in [0.3, 0.4) is 0 Å². The lowest BCUT2D eigenvalue weighted by atomic mass is 10.2. The molecular formula is C12H20N2O2S. The van der Waals surface area contributed by atoms with E-state index in [1.807, 2.05) is 13.0 Å². The average molecular weight is 256 g/mol. The van der Waals surface area contributed by atoms with Crippen LogP contribution in [0.5, 0.6) is 0 Å². The molecule has 0 spiro atoms. The normalized spacial score (nSPS) is 13.4. The molecule has 0 amide bonds. The molecule has 96 valence electrons. The van der Waals surface area contributed by atoms with E-state index in [0.29, 0.717) is 17.1 Å². The number of para-hydroxylation sites is 1. The zero-order valence-electron chi connectivity index (χ0n) is 10.3.